The highest BCUT2D eigenvalue weighted by atomic mass is 19.1. The summed E-state index contributed by atoms with van der Waals surface area (Å²) >= 11 is 0. The number of halogens is 1. The second kappa shape index (κ2) is 9.57. The van der Waals surface area contributed by atoms with Gasteiger partial charge in [0.05, 0.1) is 42.1 Å². The number of methoxy groups -OCH3 is 1. The molecule has 0 fully saturated rings. The highest BCUT2D eigenvalue weighted by Crippen LogP contribution is 2.35. The Hall–Kier alpha value is -5.12. The third-order valence-electron chi connectivity index (χ3n) is 6.65. The van der Waals surface area contributed by atoms with Crippen LogP contribution in [0.4, 0.5) is 10.1 Å². The van der Waals surface area contributed by atoms with Crippen molar-refractivity contribution in [1.29, 1.82) is 0 Å². The molecule has 6 aromatic rings. The molecule has 0 spiro atoms. The molecule has 0 saturated heterocycles. The van der Waals surface area contributed by atoms with Crippen LogP contribution < -0.4 is 10.1 Å². The van der Waals surface area contributed by atoms with E-state index in [0.29, 0.717) is 22.6 Å². The summed E-state index contributed by atoms with van der Waals surface area (Å²) in [5.74, 6) is -0.0595. The number of H-pyrrole nitrogens is 2. The van der Waals surface area contributed by atoms with Gasteiger partial charge in [-0.2, -0.15) is 5.10 Å². The number of ether oxygens (including phenoxy) is 1. The lowest BCUT2D eigenvalue weighted by Crippen LogP contribution is -2.27. The molecule has 0 aliphatic carbocycles. The lowest BCUT2D eigenvalue weighted by molar-refractivity contribution is -0.123. The van der Waals surface area contributed by atoms with Gasteiger partial charge in [-0.05, 0) is 35.9 Å². The zero-order valence-electron chi connectivity index (χ0n) is 22.3. The van der Waals surface area contributed by atoms with E-state index in [-0.39, 0.29) is 5.91 Å². The molecule has 5 heterocycles. The van der Waals surface area contributed by atoms with Crippen molar-refractivity contribution in [3.63, 3.8) is 0 Å². The minimum Gasteiger partial charge on any atom is -0.497 e. The van der Waals surface area contributed by atoms with Crippen molar-refractivity contribution >= 4 is 33.5 Å². The van der Waals surface area contributed by atoms with Gasteiger partial charge in [0.15, 0.2) is 5.65 Å². The Kier molecular flexibility index (Phi) is 6.02. The Morgan fingerprint density at radius 2 is 1.70 bits per heavy atom. The summed E-state index contributed by atoms with van der Waals surface area (Å²) in [6, 6.07) is 10.4. The standard InChI is InChI=1S/C30H26FN7O2/c1-30(2,3)29(39)35-20-6-17(11-32-13-20)18-8-23-27(37-38-28(23)34-12-18)25-10-22-24(14-33-15-26(22)36-25)16-5-19(31)9-21(7-16)40-4/h5-15,36H,1-4H3,(H,35,39)(H,34,37,38). The number of carbonyl (C=O) groups is 1. The number of aromatic nitrogens is 6. The molecule has 0 aliphatic rings. The molecule has 1 amide bonds. The van der Waals surface area contributed by atoms with Gasteiger partial charge in [-0.1, -0.05) is 20.8 Å². The largest absolute Gasteiger partial charge is 0.497 e. The van der Waals surface area contributed by atoms with Crippen molar-refractivity contribution in [1.82, 2.24) is 30.1 Å². The molecule has 9 nitrogen and oxygen atoms in total. The van der Waals surface area contributed by atoms with Crippen LogP contribution in [0.3, 0.4) is 0 Å². The van der Waals surface area contributed by atoms with Crippen molar-refractivity contribution in [3.8, 4) is 39.4 Å². The van der Waals surface area contributed by atoms with Crippen LogP contribution >= 0.6 is 0 Å². The first-order valence-electron chi connectivity index (χ1n) is 12.6. The number of rotatable bonds is 5. The van der Waals surface area contributed by atoms with E-state index >= 15 is 0 Å². The minimum atomic E-state index is -0.530. The van der Waals surface area contributed by atoms with Gasteiger partial charge >= 0.3 is 0 Å². The Bertz CT molecular complexity index is 1900. The molecule has 40 heavy (non-hydrogen) atoms. The van der Waals surface area contributed by atoms with Gasteiger partial charge in [0.25, 0.3) is 0 Å². The van der Waals surface area contributed by atoms with E-state index in [0.717, 1.165) is 44.4 Å². The predicted molar refractivity (Wildman–Crippen MR) is 152 cm³/mol. The summed E-state index contributed by atoms with van der Waals surface area (Å²) in [5, 5.41) is 12.1. The monoisotopic (exact) mass is 535 g/mol. The maximum atomic E-state index is 14.3. The van der Waals surface area contributed by atoms with Crippen molar-refractivity contribution in [3.05, 3.63) is 73.2 Å². The van der Waals surface area contributed by atoms with Gasteiger partial charge in [0, 0.05) is 57.5 Å². The van der Waals surface area contributed by atoms with Crippen LogP contribution in [0.25, 0.3) is 55.6 Å². The van der Waals surface area contributed by atoms with Crippen LogP contribution in [0.15, 0.2) is 67.4 Å². The van der Waals surface area contributed by atoms with E-state index in [4.69, 9.17) is 4.74 Å². The molecule has 0 saturated carbocycles. The van der Waals surface area contributed by atoms with Crippen LogP contribution in [0.2, 0.25) is 0 Å². The first-order valence-corrected chi connectivity index (χ1v) is 12.6. The fourth-order valence-electron chi connectivity index (χ4n) is 4.50. The van der Waals surface area contributed by atoms with Crippen LogP contribution in [0.5, 0.6) is 5.75 Å². The number of fused-ring (bicyclic) bond motifs is 2. The maximum absolute atomic E-state index is 14.3. The molecule has 10 heteroatoms. The topological polar surface area (TPSA) is 121 Å². The average Bonchev–Trinajstić information content (AvgIpc) is 3.56. The molecule has 6 rings (SSSR count). The number of nitrogens with zero attached hydrogens (tertiary/aromatic N) is 4. The van der Waals surface area contributed by atoms with Crippen molar-refractivity contribution < 1.29 is 13.9 Å². The van der Waals surface area contributed by atoms with Crippen molar-refractivity contribution in [2.75, 3.05) is 12.4 Å². The summed E-state index contributed by atoms with van der Waals surface area (Å²) in [6.45, 7) is 5.57. The van der Waals surface area contributed by atoms with Crippen LogP contribution in [0.1, 0.15) is 20.8 Å². The number of nitrogens with one attached hydrogen (secondary N) is 3. The number of amides is 1. The lowest BCUT2D eigenvalue weighted by Gasteiger charge is -2.17. The number of anilines is 1. The van der Waals surface area contributed by atoms with E-state index in [1.807, 2.05) is 39.0 Å². The highest BCUT2D eigenvalue weighted by Gasteiger charge is 2.21. The number of aromatic amines is 2. The number of carbonyl (C=O) groups excluding carboxylic acids is 1. The second-order valence-corrected chi connectivity index (χ2v) is 10.6. The third-order valence-corrected chi connectivity index (χ3v) is 6.65. The van der Waals surface area contributed by atoms with E-state index in [1.54, 1.807) is 37.1 Å². The molecule has 1 aromatic carbocycles. The number of benzene rings is 1. The van der Waals surface area contributed by atoms with E-state index in [9.17, 15) is 9.18 Å². The van der Waals surface area contributed by atoms with Crippen LogP contribution in [0, 0.1) is 11.2 Å². The van der Waals surface area contributed by atoms with Crippen LogP contribution in [-0.4, -0.2) is 43.2 Å². The van der Waals surface area contributed by atoms with Crippen LogP contribution in [-0.2, 0) is 4.79 Å². The fraction of sp³-hybridized carbons (Fsp3) is 0.167. The van der Waals surface area contributed by atoms with Gasteiger partial charge < -0.3 is 15.0 Å². The molecule has 5 aromatic heterocycles. The Morgan fingerprint density at radius 3 is 2.50 bits per heavy atom. The summed E-state index contributed by atoms with van der Waals surface area (Å²) in [5.41, 5.74) is 5.98. The Morgan fingerprint density at radius 1 is 0.900 bits per heavy atom. The van der Waals surface area contributed by atoms with Gasteiger partial charge in [-0.25, -0.2) is 9.37 Å². The molecule has 0 aliphatic heterocycles. The quantitative estimate of drug-likeness (QED) is 0.236. The zero-order chi connectivity index (χ0) is 28.0. The highest BCUT2D eigenvalue weighted by molar-refractivity contribution is 6.01. The molecule has 200 valence electrons. The summed E-state index contributed by atoms with van der Waals surface area (Å²) in [6.07, 6.45) is 8.50. The maximum Gasteiger partial charge on any atom is 0.229 e. The minimum absolute atomic E-state index is 0.0958. The Balaban J connectivity index is 1.40. The molecule has 0 radical (unpaired) electrons. The molecular formula is C30H26FN7O2. The van der Waals surface area contributed by atoms with E-state index in [1.165, 1.54) is 19.2 Å². The van der Waals surface area contributed by atoms with Gasteiger partial charge in [-0.15, -0.1) is 0 Å². The number of hydrogen-bond donors (Lipinski definition) is 3. The second-order valence-electron chi connectivity index (χ2n) is 10.6. The first kappa shape index (κ1) is 25.2. The van der Waals surface area contributed by atoms with Crippen molar-refractivity contribution in [2.24, 2.45) is 5.41 Å². The SMILES string of the molecule is COc1cc(F)cc(-c2cncc3[nH]c(-c4[nH]nc5ncc(-c6cncc(NC(=O)C(C)(C)C)c6)cc45)cc23)c1. The summed E-state index contributed by atoms with van der Waals surface area (Å²) < 4.78 is 19.5. The number of pyridine rings is 3. The lowest BCUT2D eigenvalue weighted by atomic mass is 9.95. The molecular weight excluding hydrogens is 509 g/mol. The summed E-state index contributed by atoms with van der Waals surface area (Å²) in [4.78, 5) is 29.1. The average molecular weight is 536 g/mol. The number of hydrogen-bond acceptors (Lipinski definition) is 6. The van der Waals surface area contributed by atoms with E-state index in [2.05, 4.69) is 35.5 Å². The first-order chi connectivity index (χ1) is 19.2. The molecule has 0 bridgehead atoms. The predicted octanol–water partition coefficient (Wildman–Crippen LogP) is 6.36. The smallest absolute Gasteiger partial charge is 0.229 e. The Labute approximate surface area is 228 Å². The third kappa shape index (κ3) is 4.64. The molecule has 3 N–H and O–H groups in total. The fourth-order valence-corrected chi connectivity index (χ4v) is 4.50. The van der Waals surface area contributed by atoms with Gasteiger partial charge in [0.1, 0.15) is 11.6 Å². The van der Waals surface area contributed by atoms with Crippen molar-refractivity contribution in [2.45, 2.75) is 20.8 Å². The molecule has 0 atom stereocenters. The van der Waals surface area contributed by atoms with Gasteiger partial charge in [0.2, 0.25) is 5.91 Å². The zero-order valence-corrected chi connectivity index (χ0v) is 22.3. The molecule has 0 unspecified atom stereocenters. The summed E-state index contributed by atoms with van der Waals surface area (Å²) in [7, 11) is 1.51. The van der Waals surface area contributed by atoms with E-state index < -0.39 is 11.2 Å². The normalized spacial score (nSPS) is 11.7. The van der Waals surface area contributed by atoms with Gasteiger partial charge in [-0.3, -0.25) is 19.9 Å².